The van der Waals surface area contributed by atoms with Crippen molar-refractivity contribution in [2.45, 2.75) is 6.10 Å². The average molecular weight is 152 g/mol. The maximum Gasteiger partial charge on any atom is 0.900 e. The predicted molar refractivity (Wildman–Crippen MR) is 29.2 cm³/mol. The van der Waals surface area contributed by atoms with E-state index in [1.165, 1.54) is 0 Å². The molecule has 0 radical (unpaired) electrons. The Labute approximate surface area is 57.5 Å². The molecule has 0 fully saturated rings. The lowest BCUT2D eigenvalue weighted by molar-refractivity contribution is 0.0362. The highest BCUT2D eigenvalue weighted by Crippen LogP contribution is 1.82. The van der Waals surface area contributed by atoms with Crippen molar-refractivity contribution in [2.75, 3.05) is 13.2 Å². The average Bonchev–Trinajstić information content (AvgIpc) is 1.83. The molecule has 0 spiro atoms. The highest BCUT2D eigenvalue weighted by atomic mass is 27.2. The zero-order valence-corrected chi connectivity index (χ0v) is 5.92. The first-order valence-electron chi connectivity index (χ1n) is 2.43. The molecule has 0 rings (SSSR count). The summed E-state index contributed by atoms with van der Waals surface area (Å²) in [5.41, 5.74) is 0. The quantitative estimate of drug-likeness (QED) is 0.330. The van der Waals surface area contributed by atoms with E-state index in [0.717, 1.165) is 0 Å². The Morgan fingerprint density at radius 3 is 2.33 bits per heavy atom. The zero-order chi connectivity index (χ0) is 7.28. The second kappa shape index (κ2) is 5.14. The van der Waals surface area contributed by atoms with E-state index >= 15 is 0 Å². The van der Waals surface area contributed by atoms with Crippen molar-refractivity contribution < 1.29 is 22.3 Å². The highest BCUT2D eigenvalue weighted by molar-refractivity contribution is 6.32. The number of aliphatic hydroxyl groups excluding tert-OH is 2. The molecule has 5 nitrogen and oxygen atoms in total. The lowest BCUT2D eigenvalue weighted by atomic mass is 10.4. The molecule has 0 aliphatic heterocycles. The highest BCUT2D eigenvalue weighted by Gasteiger charge is 2.20. The minimum Gasteiger partial charge on any atom is -0.469 e. The second-order valence-electron chi connectivity index (χ2n) is 1.50. The summed E-state index contributed by atoms with van der Waals surface area (Å²) in [4.78, 5) is 0. The molecule has 0 aliphatic rings. The summed E-state index contributed by atoms with van der Waals surface area (Å²) in [7, 11) is 0. The van der Waals surface area contributed by atoms with Gasteiger partial charge in [-0.05, 0) is 0 Å². The first-order valence-corrected chi connectivity index (χ1v) is 3.94. The molecule has 1 atom stereocenters. The molecule has 4 N–H and O–H groups in total. The molecule has 0 saturated carbocycles. The summed E-state index contributed by atoms with van der Waals surface area (Å²) >= 11 is -3.01. The van der Waals surface area contributed by atoms with Gasteiger partial charge in [-0.15, -0.1) is 0 Å². The van der Waals surface area contributed by atoms with Gasteiger partial charge < -0.3 is 22.3 Å². The molecule has 0 bridgehead atoms. The Bertz CT molecular complexity index is 67.2. The lowest BCUT2D eigenvalue weighted by Gasteiger charge is -2.05. The fourth-order valence-electron chi connectivity index (χ4n) is 0.250. The second-order valence-corrected chi connectivity index (χ2v) is 2.48. The van der Waals surface area contributed by atoms with Crippen LogP contribution in [0.3, 0.4) is 0 Å². The predicted octanol–water partition coefficient (Wildman–Crippen LogP) is -2.67. The molecular formula is C3H9AlO5. The lowest BCUT2D eigenvalue weighted by Crippen LogP contribution is -2.26. The third-order valence-corrected chi connectivity index (χ3v) is 1.14. The van der Waals surface area contributed by atoms with Crippen molar-refractivity contribution in [2.24, 2.45) is 0 Å². The molecule has 0 aromatic rings. The Hall–Kier alpha value is 0.332. The Morgan fingerprint density at radius 1 is 1.44 bits per heavy atom. The van der Waals surface area contributed by atoms with Gasteiger partial charge in [0.05, 0.1) is 12.7 Å². The molecule has 0 aliphatic carbocycles. The summed E-state index contributed by atoms with van der Waals surface area (Å²) in [6.45, 7) is -0.651. The van der Waals surface area contributed by atoms with Gasteiger partial charge in [-0.2, -0.15) is 0 Å². The van der Waals surface area contributed by atoms with Gasteiger partial charge in [0.25, 0.3) is 0 Å². The van der Waals surface area contributed by atoms with E-state index < -0.39 is 27.9 Å². The standard InChI is InChI=1S/C3H7O3.Al.2H2O/c4-1-3(6)2-5;;;/h3-4,6H,1-2H2;;2*1H2/q-1;+3;;/p-2. The number of rotatable bonds is 4. The molecular weight excluding hydrogens is 143 g/mol. The molecule has 9 heavy (non-hydrogen) atoms. The van der Waals surface area contributed by atoms with Gasteiger partial charge in [0, 0.05) is 6.61 Å². The van der Waals surface area contributed by atoms with E-state index in [0.29, 0.717) is 0 Å². The van der Waals surface area contributed by atoms with Crippen LogP contribution in [0, 0.1) is 0 Å². The van der Waals surface area contributed by atoms with Gasteiger partial charge >= 0.3 is 15.1 Å². The topological polar surface area (TPSA) is 90.2 Å². The van der Waals surface area contributed by atoms with E-state index in [2.05, 4.69) is 3.79 Å². The third kappa shape index (κ3) is 6.21. The molecule has 0 aromatic heterocycles. The summed E-state index contributed by atoms with van der Waals surface area (Å²) in [5.74, 6) is 0. The SMILES string of the molecule is OCC(O)C[O][Al]([OH])[OH]. The van der Waals surface area contributed by atoms with Crippen molar-refractivity contribution in [3.05, 3.63) is 0 Å². The summed E-state index contributed by atoms with van der Waals surface area (Å²) in [6.07, 6.45) is -1.01. The van der Waals surface area contributed by atoms with Crippen LogP contribution in [0.15, 0.2) is 0 Å². The van der Waals surface area contributed by atoms with E-state index in [9.17, 15) is 0 Å². The van der Waals surface area contributed by atoms with Gasteiger partial charge in [-0.1, -0.05) is 0 Å². The van der Waals surface area contributed by atoms with E-state index in [4.69, 9.17) is 18.5 Å². The molecule has 54 valence electrons. The smallest absolute Gasteiger partial charge is 0.469 e. The van der Waals surface area contributed by atoms with Crippen molar-refractivity contribution in [3.63, 3.8) is 0 Å². The molecule has 0 amide bonds. The number of hydrogen-bond donors (Lipinski definition) is 4. The van der Waals surface area contributed by atoms with Crippen LogP contribution in [0.1, 0.15) is 0 Å². The van der Waals surface area contributed by atoms with Crippen LogP contribution >= 0.6 is 0 Å². The van der Waals surface area contributed by atoms with Gasteiger partial charge in [0.1, 0.15) is 0 Å². The third-order valence-electron chi connectivity index (χ3n) is 0.648. The normalized spacial score (nSPS) is 13.3. The summed E-state index contributed by atoms with van der Waals surface area (Å²) in [5, 5.41) is 16.7. The largest absolute Gasteiger partial charge is 0.900 e. The number of hydrogen-bond acceptors (Lipinski definition) is 5. The van der Waals surface area contributed by atoms with Crippen LogP contribution in [0.5, 0.6) is 0 Å². The molecule has 0 heterocycles. The van der Waals surface area contributed by atoms with Crippen molar-refractivity contribution in [3.8, 4) is 0 Å². The van der Waals surface area contributed by atoms with Crippen LogP contribution < -0.4 is 0 Å². The first kappa shape index (κ1) is 9.33. The zero-order valence-electron chi connectivity index (χ0n) is 4.77. The van der Waals surface area contributed by atoms with Crippen LogP contribution in [-0.4, -0.2) is 53.0 Å². The molecule has 0 aromatic carbocycles. The summed E-state index contributed by atoms with van der Waals surface area (Å²) in [6, 6.07) is 0. The van der Waals surface area contributed by atoms with E-state index in [1.807, 2.05) is 0 Å². The molecule has 1 unspecified atom stereocenters. The monoisotopic (exact) mass is 152 g/mol. The van der Waals surface area contributed by atoms with Crippen LogP contribution in [-0.2, 0) is 3.79 Å². The maximum atomic E-state index is 8.53. The van der Waals surface area contributed by atoms with Crippen molar-refractivity contribution in [1.82, 2.24) is 0 Å². The van der Waals surface area contributed by atoms with E-state index in [1.54, 1.807) is 0 Å². The first-order chi connectivity index (χ1) is 4.16. The Morgan fingerprint density at radius 2 is 2.00 bits per heavy atom. The Balaban J connectivity index is 3.06. The molecule has 6 heteroatoms. The van der Waals surface area contributed by atoms with Gasteiger partial charge in [-0.25, -0.2) is 0 Å². The van der Waals surface area contributed by atoms with E-state index in [-0.39, 0.29) is 6.61 Å². The van der Waals surface area contributed by atoms with Crippen molar-refractivity contribution >= 4 is 15.1 Å². The maximum absolute atomic E-state index is 8.53. The summed E-state index contributed by atoms with van der Waals surface area (Å²) < 4.78 is 20.6. The molecule has 0 saturated heterocycles. The van der Waals surface area contributed by atoms with Gasteiger partial charge in [-0.3, -0.25) is 0 Å². The minimum atomic E-state index is -3.01. The van der Waals surface area contributed by atoms with Crippen LogP contribution in [0.2, 0.25) is 0 Å². The van der Waals surface area contributed by atoms with Gasteiger partial charge in [0.2, 0.25) is 0 Å². The fourth-order valence-corrected chi connectivity index (χ4v) is 0.644. The Kier molecular flexibility index (Phi) is 5.33. The minimum absolute atomic E-state index is 0.222. The van der Waals surface area contributed by atoms with Gasteiger partial charge in [0.15, 0.2) is 0 Å². The van der Waals surface area contributed by atoms with Crippen molar-refractivity contribution in [1.29, 1.82) is 0 Å². The van der Waals surface area contributed by atoms with Crippen LogP contribution in [0.4, 0.5) is 0 Å². The fraction of sp³-hybridized carbons (Fsp3) is 1.00. The van der Waals surface area contributed by atoms with Crippen LogP contribution in [0.25, 0.3) is 0 Å². The number of aliphatic hydroxyl groups is 2.